The standard InChI is InChI=1S/C8H18N2/c1-6-7(2)8(9-3)10(4)5/h7H,6H2,1-5H3/b9-8+. The van der Waals surface area contributed by atoms with Crippen molar-refractivity contribution in [3.05, 3.63) is 0 Å². The summed E-state index contributed by atoms with van der Waals surface area (Å²) in [7, 11) is 5.92. The Labute approximate surface area is 63.9 Å². The number of hydrogen-bond donors (Lipinski definition) is 0. The molecule has 0 heterocycles. The average molecular weight is 142 g/mol. The summed E-state index contributed by atoms with van der Waals surface area (Å²) in [5.41, 5.74) is 0. The highest BCUT2D eigenvalue weighted by molar-refractivity contribution is 5.83. The molecule has 0 spiro atoms. The van der Waals surface area contributed by atoms with E-state index in [2.05, 4.69) is 23.7 Å². The van der Waals surface area contributed by atoms with Gasteiger partial charge in [0, 0.05) is 27.1 Å². The van der Waals surface area contributed by atoms with Gasteiger partial charge in [-0.1, -0.05) is 13.8 Å². The monoisotopic (exact) mass is 142 g/mol. The van der Waals surface area contributed by atoms with Crippen LogP contribution in [0.2, 0.25) is 0 Å². The largest absolute Gasteiger partial charge is 0.366 e. The first-order chi connectivity index (χ1) is 4.63. The van der Waals surface area contributed by atoms with Crippen molar-refractivity contribution in [2.45, 2.75) is 20.3 Å². The van der Waals surface area contributed by atoms with Gasteiger partial charge in [-0.15, -0.1) is 0 Å². The minimum atomic E-state index is 0.583. The average Bonchev–Trinajstić information content (AvgIpc) is 1.88. The lowest BCUT2D eigenvalue weighted by atomic mass is 10.1. The van der Waals surface area contributed by atoms with Gasteiger partial charge >= 0.3 is 0 Å². The van der Waals surface area contributed by atoms with Crippen molar-refractivity contribution >= 4 is 5.84 Å². The van der Waals surface area contributed by atoms with Gasteiger partial charge in [0.15, 0.2) is 0 Å². The van der Waals surface area contributed by atoms with Crippen LogP contribution in [0.1, 0.15) is 20.3 Å². The molecule has 0 radical (unpaired) electrons. The minimum absolute atomic E-state index is 0.583. The van der Waals surface area contributed by atoms with Gasteiger partial charge in [0.2, 0.25) is 0 Å². The molecule has 0 aromatic carbocycles. The lowest BCUT2D eigenvalue weighted by Gasteiger charge is -2.19. The van der Waals surface area contributed by atoms with E-state index in [-0.39, 0.29) is 0 Å². The van der Waals surface area contributed by atoms with Crippen LogP contribution in [0.4, 0.5) is 0 Å². The van der Waals surface area contributed by atoms with E-state index >= 15 is 0 Å². The van der Waals surface area contributed by atoms with Crippen molar-refractivity contribution in [3.63, 3.8) is 0 Å². The Hall–Kier alpha value is -0.530. The van der Waals surface area contributed by atoms with E-state index in [1.165, 1.54) is 5.84 Å². The molecule has 0 bridgehead atoms. The normalized spacial score (nSPS) is 15.1. The molecular formula is C8H18N2. The van der Waals surface area contributed by atoms with Crippen molar-refractivity contribution in [3.8, 4) is 0 Å². The zero-order chi connectivity index (χ0) is 8.15. The van der Waals surface area contributed by atoms with Gasteiger partial charge in [0.1, 0.15) is 5.84 Å². The second-order valence-electron chi connectivity index (χ2n) is 2.79. The van der Waals surface area contributed by atoms with Crippen LogP contribution in [0.15, 0.2) is 4.99 Å². The predicted octanol–water partition coefficient (Wildman–Crippen LogP) is 1.62. The van der Waals surface area contributed by atoms with Crippen molar-refractivity contribution in [1.82, 2.24) is 4.90 Å². The van der Waals surface area contributed by atoms with Gasteiger partial charge in [-0.25, -0.2) is 0 Å². The molecule has 0 saturated carbocycles. The molecular weight excluding hydrogens is 124 g/mol. The van der Waals surface area contributed by atoms with Gasteiger partial charge in [0.25, 0.3) is 0 Å². The summed E-state index contributed by atoms with van der Waals surface area (Å²) in [5, 5.41) is 0. The highest BCUT2D eigenvalue weighted by atomic mass is 15.1. The lowest BCUT2D eigenvalue weighted by Crippen LogP contribution is -2.27. The van der Waals surface area contributed by atoms with E-state index in [4.69, 9.17) is 0 Å². The summed E-state index contributed by atoms with van der Waals surface area (Å²) in [6, 6.07) is 0. The third kappa shape index (κ3) is 2.38. The van der Waals surface area contributed by atoms with Crippen LogP contribution in [0.5, 0.6) is 0 Å². The molecule has 0 rings (SSSR count). The van der Waals surface area contributed by atoms with Gasteiger partial charge in [0.05, 0.1) is 0 Å². The lowest BCUT2D eigenvalue weighted by molar-refractivity contribution is 0.551. The minimum Gasteiger partial charge on any atom is -0.366 e. The van der Waals surface area contributed by atoms with Crippen LogP contribution in [-0.2, 0) is 0 Å². The maximum Gasteiger partial charge on any atom is 0.101 e. The predicted molar refractivity (Wildman–Crippen MR) is 46.5 cm³/mol. The first-order valence-corrected chi connectivity index (χ1v) is 3.77. The maximum atomic E-state index is 4.20. The Balaban J connectivity index is 4.08. The van der Waals surface area contributed by atoms with Crippen molar-refractivity contribution in [2.75, 3.05) is 21.1 Å². The highest BCUT2D eigenvalue weighted by Crippen LogP contribution is 2.04. The van der Waals surface area contributed by atoms with Crippen molar-refractivity contribution in [2.24, 2.45) is 10.9 Å². The summed E-state index contributed by atoms with van der Waals surface area (Å²) < 4.78 is 0. The van der Waals surface area contributed by atoms with E-state index < -0.39 is 0 Å². The molecule has 1 atom stereocenters. The fraction of sp³-hybridized carbons (Fsp3) is 0.875. The van der Waals surface area contributed by atoms with E-state index in [1.807, 2.05) is 21.1 Å². The van der Waals surface area contributed by atoms with Crippen LogP contribution in [0, 0.1) is 5.92 Å². The number of aliphatic imine (C=N–C) groups is 1. The maximum absolute atomic E-state index is 4.20. The molecule has 2 nitrogen and oxygen atoms in total. The van der Waals surface area contributed by atoms with Crippen molar-refractivity contribution < 1.29 is 0 Å². The third-order valence-electron chi connectivity index (χ3n) is 1.74. The van der Waals surface area contributed by atoms with E-state index in [1.54, 1.807) is 0 Å². The van der Waals surface area contributed by atoms with Gasteiger partial charge in [-0.3, -0.25) is 4.99 Å². The smallest absolute Gasteiger partial charge is 0.101 e. The topological polar surface area (TPSA) is 15.6 Å². The molecule has 2 heteroatoms. The molecule has 0 aliphatic carbocycles. The van der Waals surface area contributed by atoms with Crippen LogP contribution < -0.4 is 0 Å². The van der Waals surface area contributed by atoms with Crippen LogP contribution in [0.3, 0.4) is 0 Å². The van der Waals surface area contributed by atoms with Crippen LogP contribution >= 0.6 is 0 Å². The summed E-state index contributed by atoms with van der Waals surface area (Å²) >= 11 is 0. The molecule has 0 amide bonds. The molecule has 0 aliphatic heterocycles. The zero-order valence-corrected chi connectivity index (χ0v) is 7.68. The number of rotatable bonds is 2. The molecule has 10 heavy (non-hydrogen) atoms. The molecule has 1 unspecified atom stereocenters. The summed E-state index contributed by atoms with van der Waals surface area (Å²) in [6.07, 6.45) is 1.16. The van der Waals surface area contributed by atoms with Crippen LogP contribution in [0.25, 0.3) is 0 Å². The van der Waals surface area contributed by atoms with Gasteiger partial charge < -0.3 is 4.90 Å². The van der Waals surface area contributed by atoms with E-state index in [0.717, 1.165) is 6.42 Å². The van der Waals surface area contributed by atoms with E-state index in [0.29, 0.717) is 5.92 Å². The van der Waals surface area contributed by atoms with E-state index in [9.17, 15) is 0 Å². The number of hydrogen-bond acceptors (Lipinski definition) is 1. The Morgan fingerprint density at radius 3 is 2.10 bits per heavy atom. The van der Waals surface area contributed by atoms with Gasteiger partial charge in [-0.05, 0) is 6.42 Å². The Bertz CT molecular complexity index is 116. The summed E-state index contributed by atoms with van der Waals surface area (Å²) in [6.45, 7) is 4.38. The fourth-order valence-corrected chi connectivity index (χ4v) is 1.04. The molecule has 0 saturated heterocycles. The van der Waals surface area contributed by atoms with Gasteiger partial charge in [-0.2, -0.15) is 0 Å². The molecule has 0 aliphatic rings. The Morgan fingerprint density at radius 2 is 2.00 bits per heavy atom. The third-order valence-corrected chi connectivity index (χ3v) is 1.74. The second kappa shape index (κ2) is 4.31. The first-order valence-electron chi connectivity index (χ1n) is 3.77. The molecule has 0 fully saturated rings. The van der Waals surface area contributed by atoms with Crippen molar-refractivity contribution in [1.29, 1.82) is 0 Å². The number of amidine groups is 1. The SMILES string of the molecule is CCC(C)/C(=N\C)N(C)C. The fourth-order valence-electron chi connectivity index (χ4n) is 1.04. The quantitative estimate of drug-likeness (QED) is 0.422. The molecule has 0 aromatic heterocycles. The van der Waals surface area contributed by atoms with Crippen LogP contribution in [-0.4, -0.2) is 31.9 Å². The highest BCUT2D eigenvalue weighted by Gasteiger charge is 2.08. The zero-order valence-electron chi connectivity index (χ0n) is 7.68. The number of nitrogens with zero attached hydrogens (tertiary/aromatic N) is 2. The molecule has 0 N–H and O–H groups in total. The second-order valence-corrected chi connectivity index (χ2v) is 2.79. The molecule has 0 aromatic rings. The summed E-state index contributed by atoms with van der Waals surface area (Å²) in [5.74, 6) is 1.77. The first kappa shape index (κ1) is 9.47. The Kier molecular flexibility index (Phi) is 4.08. The summed E-state index contributed by atoms with van der Waals surface area (Å²) in [4.78, 5) is 6.28. The molecule has 60 valence electrons. The Morgan fingerprint density at radius 1 is 1.50 bits per heavy atom.